The molecule has 4 aromatic rings. The fourth-order valence-corrected chi connectivity index (χ4v) is 3.95. The van der Waals surface area contributed by atoms with Gasteiger partial charge in [0.1, 0.15) is 0 Å². The van der Waals surface area contributed by atoms with Crippen molar-refractivity contribution in [3.05, 3.63) is 108 Å². The molecule has 5 rings (SSSR count). The van der Waals surface area contributed by atoms with Gasteiger partial charge in [-0.3, -0.25) is 4.90 Å². The molecule has 2 heterocycles. The number of urea groups is 1. The molecule has 6 nitrogen and oxygen atoms in total. The first-order chi connectivity index (χ1) is 15.6. The molecule has 1 atom stereocenters. The molecule has 0 saturated heterocycles. The van der Waals surface area contributed by atoms with E-state index >= 15 is 0 Å². The maximum Gasteiger partial charge on any atom is 0.326 e. The number of aryl methyl sites for hydroxylation is 1. The molecular weight excluding hydrogens is 400 g/mol. The van der Waals surface area contributed by atoms with Crippen molar-refractivity contribution in [3.8, 4) is 11.4 Å². The zero-order valence-electron chi connectivity index (χ0n) is 17.8. The van der Waals surface area contributed by atoms with Gasteiger partial charge in [-0.1, -0.05) is 83.5 Å². The minimum Gasteiger partial charge on any atom is -0.334 e. The number of nitrogens with zero attached hydrogens (tertiary/aromatic N) is 3. The standard InChI is InChI=1S/C26H22N4O2/c1-17-13-15-19(16-14-17)23-22(25-28-24(29-32-25)20-9-5-3-6-10-20)18(2)30(26(31)27-23)21-11-7-4-8-12-21/h3-16,23H,1-2H3,(H,27,31). The summed E-state index contributed by atoms with van der Waals surface area (Å²) < 4.78 is 5.73. The zero-order chi connectivity index (χ0) is 22.1. The molecule has 0 fully saturated rings. The minimum atomic E-state index is -0.410. The number of aromatic nitrogens is 2. The number of nitrogens with one attached hydrogen (secondary N) is 1. The highest BCUT2D eigenvalue weighted by molar-refractivity contribution is 6.01. The lowest BCUT2D eigenvalue weighted by Gasteiger charge is -2.35. The normalized spacial score (nSPS) is 16.2. The smallest absolute Gasteiger partial charge is 0.326 e. The summed E-state index contributed by atoms with van der Waals surface area (Å²) in [6.45, 7) is 3.95. The monoisotopic (exact) mass is 422 g/mol. The average molecular weight is 422 g/mol. The van der Waals surface area contributed by atoms with Gasteiger partial charge in [-0.25, -0.2) is 4.79 Å². The SMILES string of the molecule is CC1=C(c2nc(-c3ccccc3)no2)C(c2ccc(C)cc2)NC(=O)N1c1ccccc1. The van der Waals surface area contributed by atoms with Crippen LogP contribution in [0.5, 0.6) is 0 Å². The molecular formula is C26H22N4O2. The Morgan fingerprint density at radius 3 is 2.22 bits per heavy atom. The van der Waals surface area contributed by atoms with E-state index in [0.29, 0.717) is 11.7 Å². The number of hydrogen-bond donors (Lipinski definition) is 1. The number of carbonyl (C=O) groups is 1. The van der Waals surface area contributed by atoms with Crippen LogP contribution in [0.15, 0.2) is 95.1 Å². The predicted molar refractivity (Wildman–Crippen MR) is 124 cm³/mol. The fraction of sp³-hybridized carbons (Fsp3) is 0.115. The molecule has 0 bridgehead atoms. The Morgan fingerprint density at radius 1 is 0.875 bits per heavy atom. The molecule has 1 aromatic heterocycles. The molecule has 158 valence electrons. The van der Waals surface area contributed by atoms with Crippen LogP contribution >= 0.6 is 0 Å². The van der Waals surface area contributed by atoms with E-state index in [1.54, 1.807) is 4.90 Å². The van der Waals surface area contributed by atoms with Gasteiger partial charge < -0.3 is 9.84 Å². The molecule has 0 saturated carbocycles. The van der Waals surface area contributed by atoms with Crippen molar-refractivity contribution in [2.75, 3.05) is 4.90 Å². The second-order valence-corrected chi connectivity index (χ2v) is 7.75. The number of hydrogen-bond acceptors (Lipinski definition) is 4. The molecule has 3 aromatic carbocycles. The Hall–Kier alpha value is -4.19. The van der Waals surface area contributed by atoms with Crippen molar-refractivity contribution in [2.24, 2.45) is 0 Å². The second kappa shape index (κ2) is 8.15. The first-order valence-corrected chi connectivity index (χ1v) is 10.4. The highest BCUT2D eigenvalue weighted by Crippen LogP contribution is 2.39. The molecule has 1 aliphatic rings. The maximum absolute atomic E-state index is 13.2. The Kier molecular flexibility index (Phi) is 5.03. The first kappa shape index (κ1) is 19.8. The molecule has 32 heavy (non-hydrogen) atoms. The van der Waals surface area contributed by atoms with Crippen molar-refractivity contribution >= 4 is 17.3 Å². The number of rotatable bonds is 4. The van der Waals surface area contributed by atoms with E-state index in [1.165, 1.54) is 0 Å². The van der Waals surface area contributed by atoms with Gasteiger partial charge in [-0.05, 0) is 31.5 Å². The summed E-state index contributed by atoms with van der Waals surface area (Å²) in [4.78, 5) is 19.5. The lowest BCUT2D eigenvalue weighted by molar-refractivity contribution is 0.244. The van der Waals surface area contributed by atoms with Crippen molar-refractivity contribution in [1.29, 1.82) is 0 Å². The van der Waals surface area contributed by atoms with Gasteiger partial charge >= 0.3 is 6.03 Å². The van der Waals surface area contributed by atoms with Gasteiger partial charge in [0.2, 0.25) is 5.82 Å². The van der Waals surface area contributed by atoms with Crippen molar-refractivity contribution in [2.45, 2.75) is 19.9 Å². The van der Waals surface area contributed by atoms with Crippen LogP contribution in [-0.2, 0) is 0 Å². The molecule has 6 heteroatoms. The van der Waals surface area contributed by atoms with E-state index in [-0.39, 0.29) is 6.03 Å². The summed E-state index contributed by atoms with van der Waals surface area (Å²) >= 11 is 0. The average Bonchev–Trinajstić information content (AvgIpc) is 3.30. The van der Waals surface area contributed by atoms with Crippen molar-refractivity contribution in [1.82, 2.24) is 15.5 Å². The Labute approximate surface area is 186 Å². The molecule has 0 aliphatic carbocycles. The van der Waals surface area contributed by atoms with Crippen LogP contribution in [0.4, 0.5) is 10.5 Å². The molecule has 1 aliphatic heterocycles. The number of benzene rings is 3. The highest BCUT2D eigenvalue weighted by atomic mass is 16.5. The summed E-state index contributed by atoms with van der Waals surface area (Å²) in [6, 6.07) is 26.7. The maximum atomic E-state index is 13.2. The molecule has 1 unspecified atom stereocenters. The third-order valence-corrected chi connectivity index (χ3v) is 5.60. The Balaban J connectivity index is 1.66. The third kappa shape index (κ3) is 3.56. The lowest BCUT2D eigenvalue weighted by Crippen LogP contribution is -2.46. The fourth-order valence-electron chi connectivity index (χ4n) is 3.95. The Morgan fingerprint density at radius 2 is 1.53 bits per heavy atom. The van der Waals surface area contributed by atoms with E-state index in [4.69, 9.17) is 4.52 Å². The second-order valence-electron chi connectivity index (χ2n) is 7.75. The van der Waals surface area contributed by atoms with Crippen LogP contribution in [0.1, 0.15) is 30.0 Å². The van der Waals surface area contributed by atoms with Crippen LogP contribution in [-0.4, -0.2) is 16.2 Å². The summed E-state index contributed by atoms with van der Waals surface area (Å²) in [5, 5.41) is 7.33. The van der Waals surface area contributed by atoms with E-state index < -0.39 is 6.04 Å². The molecule has 0 radical (unpaired) electrons. The van der Waals surface area contributed by atoms with Gasteiger partial charge in [0, 0.05) is 11.3 Å². The summed E-state index contributed by atoms with van der Waals surface area (Å²) in [7, 11) is 0. The third-order valence-electron chi connectivity index (χ3n) is 5.60. The largest absolute Gasteiger partial charge is 0.334 e. The van der Waals surface area contributed by atoms with E-state index in [1.807, 2.05) is 98.8 Å². The molecule has 1 N–H and O–H groups in total. The molecule has 2 amide bonds. The van der Waals surface area contributed by atoms with E-state index in [2.05, 4.69) is 15.5 Å². The van der Waals surface area contributed by atoms with Crippen LogP contribution in [0.3, 0.4) is 0 Å². The Bertz CT molecular complexity index is 1280. The topological polar surface area (TPSA) is 71.3 Å². The van der Waals surface area contributed by atoms with Crippen LogP contribution in [0, 0.1) is 6.92 Å². The van der Waals surface area contributed by atoms with Crippen molar-refractivity contribution in [3.63, 3.8) is 0 Å². The van der Waals surface area contributed by atoms with E-state index in [0.717, 1.165) is 33.6 Å². The van der Waals surface area contributed by atoms with Gasteiger partial charge in [-0.2, -0.15) is 4.98 Å². The van der Waals surface area contributed by atoms with Crippen molar-refractivity contribution < 1.29 is 9.32 Å². The van der Waals surface area contributed by atoms with Crippen LogP contribution in [0.2, 0.25) is 0 Å². The van der Waals surface area contributed by atoms with Gasteiger partial charge in [-0.15, -0.1) is 0 Å². The number of amides is 2. The minimum absolute atomic E-state index is 0.203. The van der Waals surface area contributed by atoms with Gasteiger partial charge in [0.15, 0.2) is 0 Å². The highest BCUT2D eigenvalue weighted by Gasteiger charge is 2.36. The zero-order valence-corrected chi connectivity index (χ0v) is 17.8. The quantitative estimate of drug-likeness (QED) is 0.455. The van der Waals surface area contributed by atoms with E-state index in [9.17, 15) is 4.79 Å². The van der Waals surface area contributed by atoms with Gasteiger partial charge in [0.25, 0.3) is 5.89 Å². The van der Waals surface area contributed by atoms with Gasteiger partial charge in [0.05, 0.1) is 17.3 Å². The number of para-hydroxylation sites is 1. The summed E-state index contributed by atoms with van der Waals surface area (Å²) in [5.41, 5.74) is 5.25. The number of carbonyl (C=O) groups excluding carboxylic acids is 1. The summed E-state index contributed by atoms with van der Waals surface area (Å²) in [6.07, 6.45) is 0. The number of anilines is 1. The first-order valence-electron chi connectivity index (χ1n) is 10.4. The number of allylic oxidation sites excluding steroid dienone is 1. The van der Waals surface area contributed by atoms with Crippen LogP contribution in [0.25, 0.3) is 17.0 Å². The summed E-state index contributed by atoms with van der Waals surface area (Å²) in [5.74, 6) is 0.888. The predicted octanol–water partition coefficient (Wildman–Crippen LogP) is 5.75. The van der Waals surface area contributed by atoms with Crippen LogP contribution < -0.4 is 10.2 Å². The lowest BCUT2D eigenvalue weighted by atomic mass is 9.94. The molecule has 0 spiro atoms.